The fourth-order valence-corrected chi connectivity index (χ4v) is 2.31. The minimum atomic E-state index is -4.53. The van der Waals surface area contributed by atoms with Crippen LogP contribution in [0.15, 0.2) is 54.6 Å². The van der Waals surface area contributed by atoms with E-state index in [0.717, 1.165) is 24.3 Å². The summed E-state index contributed by atoms with van der Waals surface area (Å²) in [6.07, 6.45) is -6.31. The van der Waals surface area contributed by atoms with E-state index in [-0.39, 0.29) is 12.0 Å². The molecule has 0 saturated heterocycles. The Morgan fingerprint density at radius 2 is 1.58 bits per heavy atom. The van der Waals surface area contributed by atoms with Crippen molar-refractivity contribution < 1.29 is 33.0 Å². The van der Waals surface area contributed by atoms with E-state index in [2.05, 4.69) is 5.32 Å². The van der Waals surface area contributed by atoms with Gasteiger partial charge in [-0.25, -0.2) is 4.79 Å². The number of aliphatic hydroxyl groups excluding tert-OH is 1. The van der Waals surface area contributed by atoms with Crippen molar-refractivity contribution in [3.63, 3.8) is 0 Å². The molecule has 3 N–H and O–H groups in total. The molecule has 0 fully saturated rings. The first-order valence-corrected chi connectivity index (χ1v) is 7.61. The van der Waals surface area contributed by atoms with Gasteiger partial charge in [0.25, 0.3) is 5.91 Å². The Morgan fingerprint density at radius 3 is 2.08 bits per heavy atom. The minimum absolute atomic E-state index is 0.00163. The van der Waals surface area contributed by atoms with Gasteiger partial charge in [0.05, 0.1) is 5.56 Å². The monoisotopic (exact) mass is 367 g/mol. The molecule has 2 rings (SSSR count). The summed E-state index contributed by atoms with van der Waals surface area (Å²) in [5.74, 6) is -2.30. The van der Waals surface area contributed by atoms with Crippen molar-refractivity contribution in [2.75, 3.05) is 0 Å². The van der Waals surface area contributed by atoms with Gasteiger partial charge in [0, 0.05) is 6.42 Å². The number of rotatable bonds is 6. The summed E-state index contributed by atoms with van der Waals surface area (Å²) in [6.45, 7) is 0. The molecule has 0 unspecified atom stereocenters. The van der Waals surface area contributed by atoms with E-state index in [4.69, 9.17) is 0 Å². The van der Waals surface area contributed by atoms with Gasteiger partial charge in [-0.15, -0.1) is 0 Å². The van der Waals surface area contributed by atoms with Crippen LogP contribution in [-0.2, 0) is 22.2 Å². The predicted molar refractivity (Wildman–Crippen MR) is 86.1 cm³/mol. The first-order chi connectivity index (χ1) is 12.2. The highest BCUT2D eigenvalue weighted by Crippen LogP contribution is 2.30. The number of nitrogens with one attached hydrogen (secondary N) is 1. The van der Waals surface area contributed by atoms with Gasteiger partial charge < -0.3 is 15.5 Å². The highest BCUT2D eigenvalue weighted by atomic mass is 19.4. The summed E-state index contributed by atoms with van der Waals surface area (Å²) in [5.41, 5.74) is -0.315. The summed E-state index contributed by atoms with van der Waals surface area (Å²) in [5, 5.41) is 21.4. The number of hydrogen-bond acceptors (Lipinski definition) is 3. The highest BCUT2D eigenvalue weighted by molar-refractivity contribution is 5.87. The van der Waals surface area contributed by atoms with E-state index in [1.807, 2.05) is 0 Å². The van der Waals surface area contributed by atoms with Crippen molar-refractivity contribution in [3.8, 4) is 0 Å². The quantitative estimate of drug-likeness (QED) is 0.732. The molecule has 0 spiro atoms. The molecule has 0 aliphatic carbocycles. The summed E-state index contributed by atoms with van der Waals surface area (Å²) in [7, 11) is 0. The van der Waals surface area contributed by atoms with Gasteiger partial charge in [-0.05, 0) is 23.3 Å². The van der Waals surface area contributed by atoms with E-state index in [1.165, 1.54) is 0 Å². The van der Waals surface area contributed by atoms with Crippen LogP contribution < -0.4 is 5.32 Å². The van der Waals surface area contributed by atoms with Crippen molar-refractivity contribution in [1.82, 2.24) is 5.32 Å². The molecule has 0 aliphatic rings. The zero-order valence-corrected chi connectivity index (χ0v) is 13.4. The van der Waals surface area contributed by atoms with Crippen LogP contribution in [0, 0.1) is 0 Å². The topological polar surface area (TPSA) is 86.6 Å². The van der Waals surface area contributed by atoms with Gasteiger partial charge in [0.1, 0.15) is 6.04 Å². The van der Waals surface area contributed by atoms with Crippen LogP contribution in [-0.4, -0.2) is 28.1 Å². The normalized spacial score (nSPS) is 13.7. The van der Waals surface area contributed by atoms with Crippen LogP contribution in [0.25, 0.3) is 0 Å². The Balaban J connectivity index is 2.07. The standard InChI is InChI=1S/C18H16F3NO4/c19-18(20,21)13-8-6-12(7-9-13)15(23)16(24)22-14(17(25)26)10-11-4-2-1-3-5-11/h1-9,14-15,23H,10H2,(H,22,24)(H,25,26)/t14-,15-/m0/s1. The van der Waals surface area contributed by atoms with E-state index < -0.39 is 35.8 Å². The second-order valence-corrected chi connectivity index (χ2v) is 5.61. The first kappa shape index (κ1) is 19.5. The largest absolute Gasteiger partial charge is 0.480 e. The summed E-state index contributed by atoms with van der Waals surface area (Å²) in [6, 6.07) is 10.7. The Morgan fingerprint density at radius 1 is 1.00 bits per heavy atom. The zero-order chi connectivity index (χ0) is 19.3. The summed E-state index contributed by atoms with van der Waals surface area (Å²) < 4.78 is 37.6. The van der Waals surface area contributed by atoms with Crippen molar-refractivity contribution in [2.24, 2.45) is 0 Å². The Hall–Kier alpha value is -2.87. The smallest absolute Gasteiger partial charge is 0.416 e. The molecule has 138 valence electrons. The number of hydrogen-bond donors (Lipinski definition) is 3. The SMILES string of the molecule is O=C(O)[C@H](Cc1ccccc1)NC(=O)[C@@H](O)c1ccc(C(F)(F)F)cc1. The average molecular weight is 367 g/mol. The van der Waals surface area contributed by atoms with Crippen LogP contribution in [0.3, 0.4) is 0 Å². The molecular weight excluding hydrogens is 351 g/mol. The van der Waals surface area contributed by atoms with Crippen molar-refractivity contribution in [1.29, 1.82) is 0 Å². The minimum Gasteiger partial charge on any atom is -0.480 e. The molecule has 0 aromatic heterocycles. The first-order valence-electron chi connectivity index (χ1n) is 7.61. The number of carboxylic acids is 1. The molecule has 2 atom stereocenters. The van der Waals surface area contributed by atoms with E-state index in [9.17, 15) is 33.0 Å². The lowest BCUT2D eigenvalue weighted by Crippen LogP contribution is -2.44. The second-order valence-electron chi connectivity index (χ2n) is 5.61. The van der Waals surface area contributed by atoms with Gasteiger partial charge in [-0.2, -0.15) is 13.2 Å². The number of aliphatic hydroxyl groups is 1. The molecule has 0 aliphatic heterocycles. The molecule has 0 radical (unpaired) electrons. The van der Waals surface area contributed by atoms with E-state index in [1.54, 1.807) is 30.3 Å². The number of aliphatic carboxylic acids is 1. The molecule has 0 heterocycles. The van der Waals surface area contributed by atoms with Gasteiger partial charge in [0.15, 0.2) is 6.10 Å². The maximum atomic E-state index is 12.5. The fraction of sp³-hybridized carbons (Fsp3) is 0.222. The average Bonchev–Trinajstić information content (AvgIpc) is 2.60. The third kappa shape index (κ3) is 5.06. The number of carboxylic acid groups (broad SMARTS) is 1. The Labute approximate surface area is 147 Å². The molecule has 2 aromatic rings. The highest BCUT2D eigenvalue weighted by Gasteiger charge is 2.31. The van der Waals surface area contributed by atoms with Crippen molar-refractivity contribution in [3.05, 3.63) is 71.3 Å². The third-order valence-electron chi connectivity index (χ3n) is 3.70. The molecule has 0 bridgehead atoms. The van der Waals surface area contributed by atoms with Crippen LogP contribution in [0.1, 0.15) is 22.8 Å². The lowest BCUT2D eigenvalue weighted by Gasteiger charge is -2.18. The number of carbonyl (C=O) groups is 2. The van der Waals surface area contributed by atoms with Crippen molar-refractivity contribution >= 4 is 11.9 Å². The molecule has 1 amide bonds. The zero-order valence-electron chi connectivity index (χ0n) is 13.4. The van der Waals surface area contributed by atoms with E-state index >= 15 is 0 Å². The molecular formula is C18H16F3NO4. The maximum Gasteiger partial charge on any atom is 0.416 e. The number of carbonyl (C=O) groups excluding carboxylic acids is 1. The van der Waals surface area contributed by atoms with Gasteiger partial charge in [0.2, 0.25) is 0 Å². The predicted octanol–water partition coefficient (Wildman–Crippen LogP) is 2.55. The van der Waals surface area contributed by atoms with Gasteiger partial charge in [-0.3, -0.25) is 4.79 Å². The lowest BCUT2D eigenvalue weighted by molar-refractivity contribution is -0.143. The summed E-state index contributed by atoms with van der Waals surface area (Å²) >= 11 is 0. The maximum absolute atomic E-state index is 12.5. The van der Waals surface area contributed by atoms with Crippen LogP contribution >= 0.6 is 0 Å². The third-order valence-corrected chi connectivity index (χ3v) is 3.70. The number of amides is 1. The number of halogens is 3. The van der Waals surface area contributed by atoms with Crippen molar-refractivity contribution in [2.45, 2.75) is 24.7 Å². The molecule has 5 nitrogen and oxygen atoms in total. The van der Waals surface area contributed by atoms with Crippen LogP contribution in [0.4, 0.5) is 13.2 Å². The number of alkyl halides is 3. The molecule has 2 aromatic carbocycles. The summed E-state index contributed by atoms with van der Waals surface area (Å²) in [4.78, 5) is 23.4. The van der Waals surface area contributed by atoms with Gasteiger partial charge >= 0.3 is 12.1 Å². The second kappa shape index (κ2) is 8.01. The fourth-order valence-electron chi connectivity index (χ4n) is 2.31. The molecule has 8 heteroatoms. The Kier molecular flexibility index (Phi) is 5.99. The molecule has 26 heavy (non-hydrogen) atoms. The molecule has 0 saturated carbocycles. The van der Waals surface area contributed by atoms with Crippen LogP contribution in [0.2, 0.25) is 0 Å². The Bertz CT molecular complexity index is 760. The lowest BCUT2D eigenvalue weighted by atomic mass is 10.0. The van der Waals surface area contributed by atoms with Crippen LogP contribution in [0.5, 0.6) is 0 Å². The van der Waals surface area contributed by atoms with Gasteiger partial charge in [-0.1, -0.05) is 42.5 Å². The number of benzene rings is 2. The van der Waals surface area contributed by atoms with E-state index in [0.29, 0.717) is 5.56 Å².